The van der Waals surface area contributed by atoms with E-state index in [0.717, 1.165) is 5.56 Å². The highest BCUT2D eigenvalue weighted by atomic mass is 19.1. The van der Waals surface area contributed by atoms with Crippen molar-refractivity contribution in [3.05, 3.63) is 84.7 Å². The lowest BCUT2D eigenvalue weighted by Crippen LogP contribution is -2.07. The number of nitrogens with one attached hydrogen (secondary N) is 2. The van der Waals surface area contributed by atoms with Crippen molar-refractivity contribution in [1.29, 1.82) is 0 Å². The first-order valence-corrected chi connectivity index (χ1v) is 8.03. The zero-order valence-corrected chi connectivity index (χ0v) is 13.7. The lowest BCUT2D eigenvalue weighted by Gasteiger charge is -2.11. The topological polar surface area (TPSA) is 49.8 Å². The number of aromatic nitrogens is 2. The van der Waals surface area contributed by atoms with Crippen molar-refractivity contribution in [3.63, 3.8) is 0 Å². The van der Waals surface area contributed by atoms with Crippen molar-refractivity contribution in [3.8, 4) is 11.4 Å². The Kier molecular flexibility index (Phi) is 5.36. The average molecular weight is 334 g/mol. The van der Waals surface area contributed by atoms with Gasteiger partial charge in [0, 0.05) is 30.3 Å². The summed E-state index contributed by atoms with van der Waals surface area (Å²) < 4.78 is 13.8. The van der Waals surface area contributed by atoms with Crippen LogP contribution in [0.2, 0.25) is 0 Å². The van der Waals surface area contributed by atoms with Crippen LogP contribution in [0.25, 0.3) is 11.4 Å². The van der Waals surface area contributed by atoms with E-state index in [2.05, 4.69) is 27.2 Å². The SMILES string of the molecule is C=CCNc1cc(NCc2ccccc2F)nc(-c2ccccc2)n1. The number of hydrogen-bond acceptors (Lipinski definition) is 4. The quantitative estimate of drug-likeness (QED) is 0.625. The highest BCUT2D eigenvalue weighted by Gasteiger charge is 2.07. The molecule has 1 aromatic heterocycles. The van der Waals surface area contributed by atoms with Gasteiger partial charge in [0.1, 0.15) is 17.5 Å². The van der Waals surface area contributed by atoms with Gasteiger partial charge in [-0.05, 0) is 6.07 Å². The van der Waals surface area contributed by atoms with E-state index >= 15 is 0 Å². The fourth-order valence-electron chi connectivity index (χ4n) is 2.35. The normalized spacial score (nSPS) is 10.3. The predicted octanol–water partition coefficient (Wildman–Crippen LogP) is 4.49. The van der Waals surface area contributed by atoms with Gasteiger partial charge < -0.3 is 10.6 Å². The van der Waals surface area contributed by atoms with Gasteiger partial charge in [-0.2, -0.15) is 0 Å². The zero-order chi connectivity index (χ0) is 17.5. The number of benzene rings is 2. The highest BCUT2D eigenvalue weighted by molar-refractivity contribution is 5.61. The Labute approximate surface area is 146 Å². The molecule has 0 aliphatic rings. The van der Waals surface area contributed by atoms with Gasteiger partial charge in [0.05, 0.1) is 0 Å². The average Bonchev–Trinajstić information content (AvgIpc) is 2.66. The fourth-order valence-corrected chi connectivity index (χ4v) is 2.35. The monoisotopic (exact) mass is 334 g/mol. The second-order valence-corrected chi connectivity index (χ2v) is 5.44. The summed E-state index contributed by atoms with van der Waals surface area (Å²) in [7, 11) is 0. The Balaban J connectivity index is 1.86. The van der Waals surface area contributed by atoms with Crippen molar-refractivity contribution in [2.45, 2.75) is 6.54 Å². The molecule has 0 aliphatic heterocycles. The van der Waals surface area contributed by atoms with Crippen molar-refractivity contribution in [2.75, 3.05) is 17.2 Å². The number of halogens is 1. The molecule has 2 aromatic carbocycles. The molecule has 0 spiro atoms. The van der Waals surface area contributed by atoms with Crippen molar-refractivity contribution < 1.29 is 4.39 Å². The van der Waals surface area contributed by atoms with Crippen LogP contribution in [0.5, 0.6) is 0 Å². The highest BCUT2D eigenvalue weighted by Crippen LogP contribution is 2.20. The third-order valence-electron chi connectivity index (χ3n) is 3.60. The first-order chi connectivity index (χ1) is 12.3. The molecule has 126 valence electrons. The first kappa shape index (κ1) is 16.6. The van der Waals surface area contributed by atoms with E-state index in [1.165, 1.54) is 6.07 Å². The maximum atomic E-state index is 13.8. The molecule has 4 nitrogen and oxygen atoms in total. The van der Waals surface area contributed by atoms with Crippen LogP contribution in [-0.4, -0.2) is 16.5 Å². The lowest BCUT2D eigenvalue weighted by molar-refractivity contribution is 0.613. The fraction of sp³-hybridized carbons (Fsp3) is 0.100. The Bertz CT molecular complexity index is 849. The van der Waals surface area contributed by atoms with Crippen LogP contribution >= 0.6 is 0 Å². The maximum absolute atomic E-state index is 13.8. The third-order valence-corrected chi connectivity index (χ3v) is 3.60. The van der Waals surface area contributed by atoms with E-state index in [-0.39, 0.29) is 5.82 Å². The van der Waals surface area contributed by atoms with Gasteiger partial charge in [-0.25, -0.2) is 14.4 Å². The van der Waals surface area contributed by atoms with Gasteiger partial charge in [-0.3, -0.25) is 0 Å². The molecule has 0 bridgehead atoms. The summed E-state index contributed by atoms with van der Waals surface area (Å²) in [4.78, 5) is 9.08. The molecular formula is C20H19FN4. The minimum atomic E-state index is -0.239. The van der Waals surface area contributed by atoms with Crippen LogP contribution in [0, 0.1) is 5.82 Å². The Morgan fingerprint density at radius 1 is 0.920 bits per heavy atom. The molecule has 3 aromatic rings. The first-order valence-electron chi connectivity index (χ1n) is 8.03. The molecule has 0 saturated carbocycles. The van der Waals surface area contributed by atoms with Gasteiger partial charge in [0.25, 0.3) is 0 Å². The van der Waals surface area contributed by atoms with Crippen molar-refractivity contribution in [2.24, 2.45) is 0 Å². The van der Waals surface area contributed by atoms with E-state index in [4.69, 9.17) is 0 Å². The zero-order valence-electron chi connectivity index (χ0n) is 13.7. The standard InChI is InChI=1S/C20H19FN4/c1-2-12-22-18-13-19(23-14-16-10-6-7-11-17(16)21)25-20(24-18)15-8-4-3-5-9-15/h2-11,13H,1,12,14H2,(H2,22,23,24,25). The van der Waals surface area contributed by atoms with Gasteiger partial charge in [-0.15, -0.1) is 6.58 Å². The van der Waals surface area contributed by atoms with Crippen LogP contribution < -0.4 is 10.6 Å². The van der Waals surface area contributed by atoms with Crippen LogP contribution in [0.3, 0.4) is 0 Å². The molecule has 5 heteroatoms. The van der Waals surface area contributed by atoms with Gasteiger partial charge >= 0.3 is 0 Å². The number of anilines is 2. The van der Waals surface area contributed by atoms with Crippen molar-refractivity contribution in [1.82, 2.24) is 9.97 Å². The Morgan fingerprint density at radius 2 is 1.60 bits per heavy atom. The van der Waals surface area contributed by atoms with Crippen molar-refractivity contribution >= 4 is 11.6 Å². The number of rotatable bonds is 7. The second-order valence-electron chi connectivity index (χ2n) is 5.44. The molecule has 0 aliphatic carbocycles. The largest absolute Gasteiger partial charge is 0.366 e. The minimum absolute atomic E-state index is 0.239. The summed E-state index contributed by atoms with van der Waals surface area (Å²) in [5, 5.41) is 6.34. The summed E-state index contributed by atoms with van der Waals surface area (Å²) in [5.41, 5.74) is 1.50. The van der Waals surface area contributed by atoms with Gasteiger partial charge in [0.2, 0.25) is 0 Å². The Hall–Kier alpha value is -3.21. The lowest BCUT2D eigenvalue weighted by atomic mass is 10.2. The van der Waals surface area contributed by atoms with Crippen LogP contribution in [0.4, 0.5) is 16.0 Å². The third kappa shape index (κ3) is 4.41. The van der Waals surface area contributed by atoms with Crippen LogP contribution in [0.15, 0.2) is 73.3 Å². The summed E-state index contributed by atoms with van der Waals surface area (Å²) >= 11 is 0. The van der Waals surface area contributed by atoms with E-state index in [9.17, 15) is 4.39 Å². The molecular weight excluding hydrogens is 315 g/mol. The molecule has 0 atom stereocenters. The molecule has 1 heterocycles. The molecule has 0 fully saturated rings. The minimum Gasteiger partial charge on any atom is -0.366 e. The molecule has 0 saturated heterocycles. The summed E-state index contributed by atoms with van der Waals surface area (Å²) in [6.07, 6.45) is 1.76. The molecule has 0 unspecified atom stereocenters. The number of hydrogen-bond donors (Lipinski definition) is 2. The molecule has 0 radical (unpaired) electrons. The van der Waals surface area contributed by atoms with Gasteiger partial charge in [-0.1, -0.05) is 54.6 Å². The maximum Gasteiger partial charge on any atom is 0.163 e. The van der Waals surface area contributed by atoms with E-state index in [0.29, 0.717) is 36.1 Å². The second kappa shape index (κ2) is 8.06. The summed E-state index contributed by atoms with van der Waals surface area (Å²) in [5.74, 6) is 1.68. The van der Waals surface area contributed by atoms with Crippen LogP contribution in [-0.2, 0) is 6.54 Å². The molecule has 2 N–H and O–H groups in total. The molecule has 25 heavy (non-hydrogen) atoms. The smallest absolute Gasteiger partial charge is 0.163 e. The van der Waals surface area contributed by atoms with E-state index < -0.39 is 0 Å². The predicted molar refractivity (Wildman–Crippen MR) is 99.9 cm³/mol. The van der Waals surface area contributed by atoms with E-state index in [1.54, 1.807) is 24.3 Å². The van der Waals surface area contributed by atoms with Gasteiger partial charge in [0.15, 0.2) is 5.82 Å². The molecule has 3 rings (SSSR count). The summed E-state index contributed by atoms with van der Waals surface area (Å²) in [6.45, 7) is 4.64. The summed E-state index contributed by atoms with van der Waals surface area (Å²) in [6, 6.07) is 18.2. The van der Waals surface area contributed by atoms with E-state index in [1.807, 2.05) is 36.4 Å². The molecule has 0 amide bonds. The Morgan fingerprint density at radius 3 is 2.32 bits per heavy atom. The van der Waals surface area contributed by atoms with Crippen LogP contribution in [0.1, 0.15) is 5.56 Å². The number of nitrogens with zero attached hydrogens (tertiary/aromatic N) is 2.